The van der Waals surface area contributed by atoms with Crippen molar-refractivity contribution in [3.05, 3.63) is 47.6 Å². The van der Waals surface area contributed by atoms with Gasteiger partial charge in [0.15, 0.2) is 0 Å². The first kappa shape index (κ1) is 22.2. The van der Waals surface area contributed by atoms with Gasteiger partial charge >= 0.3 is 0 Å². The van der Waals surface area contributed by atoms with E-state index in [1.54, 1.807) is 5.57 Å². The minimum Gasteiger partial charge on any atom is -0.0800 e. The van der Waals surface area contributed by atoms with E-state index in [0.717, 1.165) is 17.8 Å². The highest BCUT2D eigenvalue weighted by atomic mass is 14.6. The summed E-state index contributed by atoms with van der Waals surface area (Å²) in [6, 6.07) is 0. The van der Waals surface area contributed by atoms with Crippen LogP contribution in [0.2, 0.25) is 0 Å². The third kappa shape index (κ3) is 3.93. The van der Waals surface area contributed by atoms with Gasteiger partial charge in [-0.3, -0.25) is 0 Å². The largest absolute Gasteiger partial charge is 0.0800 e. The smallest absolute Gasteiger partial charge is 0.00952 e. The van der Waals surface area contributed by atoms with Crippen molar-refractivity contribution in [1.29, 1.82) is 0 Å². The van der Waals surface area contributed by atoms with Crippen LogP contribution in [-0.4, -0.2) is 0 Å². The van der Waals surface area contributed by atoms with Crippen LogP contribution in [-0.2, 0) is 0 Å². The maximum Gasteiger partial charge on any atom is -0.00952 e. The molecule has 2 fully saturated rings. The molecule has 166 valence electrons. The molecular weight excluding hydrogens is 360 g/mol. The minimum absolute atomic E-state index is 0.240. The van der Waals surface area contributed by atoms with E-state index in [0.29, 0.717) is 29.1 Å². The maximum absolute atomic E-state index is 2.72. The lowest BCUT2D eigenvalue weighted by Crippen LogP contribution is -2.38. The number of fused-ring (bicyclic) bond motifs is 3. The van der Waals surface area contributed by atoms with Crippen LogP contribution in [0.3, 0.4) is 0 Å². The molecule has 0 spiro atoms. The lowest BCUT2D eigenvalue weighted by molar-refractivity contribution is 0.0717. The van der Waals surface area contributed by atoms with Gasteiger partial charge in [0, 0.05) is 0 Å². The van der Waals surface area contributed by atoms with Crippen LogP contribution in [0, 0.1) is 52.3 Å². The fraction of sp³-hybridized carbons (Fsp3) is 0.733. The van der Waals surface area contributed by atoms with Crippen molar-refractivity contribution in [2.45, 2.75) is 87.0 Å². The van der Waals surface area contributed by atoms with Crippen molar-refractivity contribution in [3.8, 4) is 0 Å². The van der Waals surface area contributed by atoms with Gasteiger partial charge in [0.05, 0.1) is 0 Å². The molecule has 7 atom stereocenters. The van der Waals surface area contributed by atoms with E-state index in [2.05, 4.69) is 84.9 Å². The van der Waals surface area contributed by atoms with Crippen LogP contribution in [0.25, 0.3) is 0 Å². The fourth-order valence-corrected chi connectivity index (χ4v) is 7.56. The zero-order chi connectivity index (χ0) is 21.7. The molecule has 4 aliphatic rings. The van der Waals surface area contributed by atoms with Crippen molar-refractivity contribution < 1.29 is 0 Å². The first-order valence-electron chi connectivity index (χ1n) is 12.9. The predicted octanol–water partition coefficient (Wildman–Crippen LogP) is 8.77. The molecule has 0 saturated heterocycles. The predicted molar refractivity (Wildman–Crippen MR) is 131 cm³/mol. The van der Waals surface area contributed by atoms with Crippen LogP contribution >= 0.6 is 0 Å². The molecule has 0 aromatic heterocycles. The Kier molecular flexibility index (Phi) is 6.02. The molecule has 30 heavy (non-hydrogen) atoms. The Labute approximate surface area is 187 Å². The second kappa shape index (κ2) is 8.14. The molecule has 0 bridgehead atoms. The highest BCUT2D eigenvalue weighted by Gasteiger charge is 2.55. The second-order valence-corrected chi connectivity index (χ2v) is 12.7. The molecule has 0 radical (unpaired) electrons. The molecular formula is C30H46. The van der Waals surface area contributed by atoms with Gasteiger partial charge in [-0.05, 0) is 77.6 Å². The molecule has 0 amide bonds. The number of rotatable bonds is 5. The highest BCUT2D eigenvalue weighted by molar-refractivity contribution is 5.37. The summed E-state index contributed by atoms with van der Waals surface area (Å²) in [6.45, 7) is 17.1. The summed E-state index contributed by atoms with van der Waals surface area (Å²) < 4.78 is 0. The molecule has 0 heteroatoms. The Balaban J connectivity index is 1.66. The molecule has 0 aliphatic heterocycles. The highest BCUT2D eigenvalue weighted by Crippen LogP contribution is 2.62. The van der Waals surface area contributed by atoms with Crippen LogP contribution in [0.4, 0.5) is 0 Å². The third-order valence-electron chi connectivity index (χ3n) is 9.35. The lowest BCUT2D eigenvalue weighted by Gasteiger charge is -2.44. The summed E-state index contributed by atoms with van der Waals surface area (Å²) in [5.74, 6) is 5.39. The molecule has 4 aliphatic carbocycles. The van der Waals surface area contributed by atoms with Gasteiger partial charge in [0.1, 0.15) is 0 Å². The Morgan fingerprint density at radius 2 is 1.53 bits per heavy atom. The van der Waals surface area contributed by atoms with E-state index in [9.17, 15) is 0 Å². The van der Waals surface area contributed by atoms with Crippen LogP contribution in [0.15, 0.2) is 47.6 Å². The molecule has 0 heterocycles. The fourth-order valence-electron chi connectivity index (χ4n) is 7.56. The van der Waals surface area contributed by atoms with Crippen molar-refractivity contribution in [2.75, 3.05) is 0 Å². The van der Waals surface area contributed by atoms with Gasteiger partial charge < -0.3 is 0 Å². The monoisotopic (exact) mass is 406 g/mol. The van der Waals surface area contributed by atoms with E-state index in [-0.39, 0.29) is 5.41 Å². The average Bonchev–Trinajstić information content (AvgIpc) is 3.28. The average molecular weight is 407 g/mol. The first-order chi connectivity index (χ1) is 14.1. The number of hydrogen-bond acceptors (Lipinski definition) is 0. The summed E-state index contributed by atoms with van der Waals surface area (Å²) in [5.41, 5.74) is 3.67. The van der Waals surface area contributed by atoms with Gasteiger partial charge in [0.25, 0.3) is 0 Å². The van der Waals surface area contributed by atoms with Crippen LogP contribution in [0.1, 0.15) is 87.0 Å². The van der Waals surface area contributed by atoms with Gasteiger partial charge in [-0.2, -0.15) is 0 Å². The maximum atomic E-state index is 2.72. The Morgan fingerprint density at radius 3 is 2.20 bits per heavy atom. The molecule has 2 saturated carbocycles. The van der Waals surface area contributed by atoms with E-state index in [4.69, 9.17) is 0 Å². The molecule has 4 rings (SSSR count). The first-order valence-corrected chi connectivity index (χ1v) is 12.9. The second-order valence-electron chi connectivity index (χ2n) is 12.7. The molecule has 0 N–H and O–H groups in total. The normalized spacial score (nSPS) is 38.3. The minimum atomic E-state index is 0.240. The third-order valence-corrected chi connectivity index (χ3v) is 9.35. The van der Waals surface area contributed by atoms with Crippen LogP contribution in [0.5, 0.6) is 0 Å². The number of allylic oxidation sites excluding steroid dienone is 8. The molecule has 7 unspecified atom stereocenters. The summed E-state index contributed by atoms with van der Waals surface area (Å²) >= 11 is 0. The van der Waals surface area contributed by atoms with Gasteiger partial charge in [-0.25, -0.2) is 0 Å². The Bertz CT molecular complexity index is 749. The van der Waals surface area contributed by atoms with Gasteiger partial charge in [-0.15, -0.1) is 0 Å². The summed E-state index contributed by atoms with van der Waals surface area (Å²) in [6.07, 6.45) is 24.0. The Morgan fingerprint density at radius 1 is 0.867 bits per heavy atom. The lowest BCUT2D eigenvalue weighted by atomic mass is 9.60. The standard InChI is InChI=1S/C30H46/c1-8-9-10-21-12-13-23(18-21)30(6,7)28-26-17-20(2)11-15-24(26)25-16-14-22(19-27(25)28)29(3,4)5/h11,14-17,19,21,23-28H,8-10,12-13,18H2,1-7H3. The molecule has 0 nitrogen and oxygen atoms in total. The quantitative estimate of drug-likeness (QED) is 0.428. The number of hydrogen-bond donors (Lipinski definition) is 0. The van der Waals surface area contributed by atoms with E-state index < -0.39 is 0 Å². The molecule has 0 aromatic carbocycles. The number of unbranched alkanes of at least 4 members (excludes halogenated alkanes) is 1. The van der Waals surface area contributed by atoms with Crippen LogP contribution < -0.4 is 0 Å². The molecule has 0 aromatic rings. The topological polar surface area (TPSA) is 0 Å². The van der Waals surface area contributed by atoms with E-state index >= 15 is 0 Å². The van der Waals surface area contributed by atoms with Crippen molar-refractivity contribution in [3.63, 3.8) is 0 Å². The Hall–Kier alpha value is -1.04. The zero-order valence-electron chi connectivity index (χ0n) is 20.7. The van der Waals surface area contributed by atoms with Crippen molar-refractivity contribution >= 4 is 0 Å². The van der Waals surface area contributed by atoms with E-state index in [1.165, 1.54) is 44.1 Å². The zero-order valence-corrected chi connectivity index (χ0v) is 20.7. The summed E-state index contributed by atoms with van der Waals surface area (Å²) in [5, 5.41) is 0. The summed E-state index contributed by atoms with van der Waals surface area (Å²) in [4.78, 5) is 0. The van der Waals surface area contributed by atoms with Crippen molar-refractivity contribution in [1.82, 2.24) is 0 Å². The van der Waals surface area contributed by atoms with Gasteiger partial charge in [0.2, 0.25) is 0 Å². The SMILES string of the molecule is CCCCC1CCC(C(C)(C)C2C3C=C(C)C=CC3C3C=CC(C(C)(C)C)=CC32)C1. The summed E-state index contributed by atoms with van der Waals surface area (Å²) in [7, 11) is 0. The van der Waals surface area contributed by atoms with E-state index in [1.807, 2.05) is 0 Å². The van der Waals surface area contributed by atoms with Crippen molar-refractivity contribution in [2.24, 2.45) is 52.3 Å². The van der Waals surface area contributed by atoms with Gasteiger partial charge in [-0.1, -0.05) is 109 Å².